The van der Waals surface area contributed by atoms with Crippen molar-refractivity contribution < 1.29 is 9.18 Å². The minimum Gasteiger partial charge on any atom is -0.336 e. The molecule has 1 saturated heterocycles. The van der Waals surface area contributed by atoms with Crippen LogP contribution in [-0.4, -0.2) is 47.9 Å². The number of likely N-dealkylation sites (N-methyl/N-ethyl adjacent to an activating group) is 1. The smallest absolute Gasteiger partial charge is 0.256 e. The Kier molecular flexibility index (Phi) is 4.47. The number of hydrogen-bond donors (Lipinski definition) is 1. The van der Waals surface area contributed by atoms with Crippen LogP contribution in [0.25, 0.3) is 0 Å². The highest BCUT2D eigenvalue weighted by Crippen LogP contribution is 2.18. The van der Waals surface area contributed by atoms with E-state index >= 15 is 0 Å². The number of piperazine rings is 1. The summed E-state index contributed by atoms with van der Waals surface area (Å²) < 4.78 is 13.7. The van der Waals surface area contributed by atoms with E-state index in [-0.39, 0.29) is 11.5 Å². The molecule has 1 aliphatic heterocycles. The van der Waals surface area contributed by atoms with Gasteiger partial charge in [-0.1, -0.05) is 6.92 Å². The molecule has 1 aromatic rings. The predicted molar refractivity (Wildman–Crippen MR) is 76.3 cm³/mol. The highest BCUT2D eigenvalue weighted by Gasteiger charge is 2.27. The first-order valence-corrected chi connectivity index (χ1v) is 6.99. The number of nitrogens with zero attached hydrogens (tertiary/aromatic N) is 2. The van der Waals surface area contributed by atoms with Crippen molar-refractivity contribution in [3.8, 4) is 0 Å². The lowest BCUT2D eigenvalue weighted by atomic mass is 10.1. The number of amides is 1. The van der Waals surface area contributed by atoms with Gasteiger partial charge in [0.05, 0.1) is 5.56 Å². The number of halogens is 1. The van der Waals surface area contributed by atoms with Gasteiger partial charge in [0.15, 0.2) is 0 Å². The van der Waals surface area contributed by atoms with Crippen molar-refractivity contribution in [2.45, 2.75) is 24.8 Å². The van der Waals surface area contributed by atoms with Gasteiger partial charge in [-0.15, -0.1) is 12.6 Å². The number of benzene rings is 1. The summed E-state index contributed by atoms with van der Waals surface area (Å²) in [4.78, 5) is 17.0. The molecule has 0 spiro atoms. The maximum absolute atomic E-state index is 13.7. The molecule has 5 heteroatoms. The molecule has 0 radical (unpaired) electrons. The maximum Gasteiger partial charge on any atom is 0.256 e. The zero-order valence-corrected chi connectivity index (χ0v) is 12.2. The van der Waals surface area contributed by atoms with E-state index in [2.05, 4.69) is 31.4 Å². The molecule has 0 saturated carbocycles. The fraction of sp³-hybridized carbons (Fsp3) is 0.500. The van der Waals surface area contributed by atoms with E-state index in [9.17, 15) is 9.18 Å². The number of carbonyl (C=O) groups excluding carboxylic acids is 1. The minimum atomic E-state index is -0.478. The lowest BCUT2D eigenvalue weighted by Crippen LogP contribution is -2.53. The number of rotatable bonds is 2. The molecule has 104 valence electrons. The molecular formula is C14H19FN2OS. The molecule has 1 amide bonds. The first-order chi connectivity index (χ1) is 9.02. The van der Waals surface area contributed by atoms with Gasteiger partial charge >= 0.3 is 0 Å². The lowest BCUT2D eigenvalue weighted by Gasteiger charge is -2.39. The zero-order chi connectivity index (χ0) is 14.0. The average Bonchev–Trinajstić information content (AvgIpc) is 2.40. The number of thiol groups is 1. The summed E-state index contributed by atoms with van der Waals surface area (Å²) in [6.07, 6.45) is 0. The third kappa shape index (κ3) is 3.09. The highest BCUT2D eigenvalue weighted by molar-refractivity contribution is 7.80. The molecule has 1 heterocycles. The van der Waals surface area contributed by atoms with E-state index < -0.39 is 5.82 Å². The van der Waals surface area contributed by atoms with Gasteiger partial charge in [0.2, 0.25) is 0 Å². The summed E-state index contributed by atoms with van der Waals surface area (Å²) in [6.45, 7) is 7.30. The Morgan fingerprint density at radius 1 is 1.47 bits per heavy atom. The SMILES string of the molecule is CCN1CCN(C(=O)c2cc(S)ccc2F)CC1C. The van der Waals surface area contributed by atoms with Crippen LogP contribution < -0.4 is 0 Å². The van der Waals surface area contributed by atoms with E-state index in [1.807, 2.05) is 0 Å². The summed E-state index contributed by atoms with van der Waals surface area (Å²) in [5, 5.41) is 0. The second-order valence-electron chi connectivity index (χ2n) is 4.89. The first-order valence-electron chi connectivity index (χ1n) is 6.54. The predicted octanol–water partition coefficient (Wildman–Crippen LogP) is 2.28. The molecule has 3 nitrogen and oxygen atoms in total. The molecule has 1 aliphatic rings. The molecule has 0 N–H and O–H groups in total. The van der Waals surface area contributed by atoms with Crippen molar-refractivity contribution in [1.82, 2.24) is 9.80 Å². The van der Waals surface area contributed by atoms with Crippen molar-refractivity contribution in [1.29, 1.82) is 0 Å². The van der Waals surface area contributed by atoms with E-state index in [4.69, 9.17) is 0 Å². The maximum atomic E-state index is 13.7. The fourth-order valence-corrected chi connectivity index (χ4v) is 2.70. The topological polar surface area (TPSA) is 23.6 Å². The van der Waals surface area contributed by atoms with Crippen LogP contribution in [0.2, 0.25) is 0 Å². The van der Waals surface area contributed by atoms with E-state index in [0.717, 1.165) is 13.1 Å². The normalized spacial score (nSPS) is 20.6. The van der Waals surface area contributed by atoms with E-state index in [0.29, 0.717) is 24.0 Å². The molecule has 0 aromatic heterocycles. The molecule has 2 rings (SSSR count). The summed E-state index contributed by atoms with van der Waals surface area (Å²) in [6, 6.07) is 4.65. The van der Waals surface area contributed by atoms with Gasteiger partial charge in [-0.3, -0.25) is 9.69 Å². The molecule has 19 heavy (non-hydrogen) atoms. The third-order valence-corrected chi connectivity index (χ3v) is 3.92. The Morgan fingerprint density at radius 3 is 2.84 bits per heavy atom. The highest BCUT2D eigenvalue weighted by atomic mass is 32.1. The van der Waals surface area contributed by atoms with Gasteiger partial charge in [-0.05, 0) is 31.7 Å². The number of carbonyl (C=O) groups is 1. The fourth-order valence-electron chi connectivity index (χ4n) is 2.50. The van der Waals surface area contributed by atoms with Gasteiger partial charge in [-0.2, -0.15) is 0 Å². The van der Waals surface area contributed by atoms with Gasteiger partial charge in [0, 0.05) is 30.6 Å². The van der Waals surface area contributed by atoms with Crippen LogP contribution in [0.4, 0.5) is 4.39 Å². The molecule has 1 fully saturated rings. The van der Waals surface area contributed by atoms with Crippen LogP contribution in [0.3, 0.4) is 0 Å². The summed E-state index contributed by atoms with van der Waals surface area (Å²) in [5.74, 6) is -0.718. The monoisotopic (exact) mass is 282 g/mol. The van der Waals surface area contributed by atoms with Crippen molar-refractivity contribution in [2.24, 2.45) is 0 Å². The van der Waals surface area contributed by atoms with Crippen molar-refractivity contribution in [3.05, 3.63) is 29.6 Å². The van der Waals surface area contributed by atoms with Crippen molar-refractivity contribution in [3.63, 3.8) is 0 Å². The standard InChI is InChI=1S/C14H19FN2OS/c1-3-16-6-7-17(9-10(16)2)14(18)12-8-11(19)4-5-13(12)15/h4-5,8,10,19H,3,6-7,9H2,1-2H3. The first kappa shape index (κ1) is 14.3. The zero-order valence-electron chi connectivity index (χ0n) is 11.3. The Hall–Kier alpha value is -1.07. The lowest BCUT2D eigenvalue weighted by molar-refractivity contribution is 0.0524. The van der Waals surface area contributed by atoms with Crippen LogP contribution in [0, 0.1) is 5.82 Å². The molecule has 1 unspecified atom stereocenters. The van der Waals surface area contributed by atoms with Gasteiger partial charge in [0.25, 0.3) is 5.91 Å². The van der Waals surface area contributed by atoms with Crippen LogP contribution in [0.5, 0.6) is 0 Å². The summed E-state index contributed by atoms with van der Waals surface area (Å²) >= 11 is 4.16. The Balaban J connectivity index is 2.14. The molecule has 0 aliphatic carbocycles. The van der Waals surface area contributed by atoms with E-state index in [1.165, 1.54) is 12.1 Å². The van der Waals surface area contributed by atoms with Gasteiger partial charge in [0.1, 0.15) is 5.82 Å². The summed E-state index contributed by atoms with van der Waals surface area (Å²) in [5.41, 5.74) is 0.115. The Bertz CT molecular complexity index is 481. The van der Waals surface area contributed by atoms with E-state index in [1.54, 1.807) is 11.0 Å². The number of hydrogen-bond acceptors (Lipinski definition) is 3. The van der Waals surface area contributed by atoms with Gasteiger partial charge < -0.3 is 4.90 Å². The summed E-state index contributed by atoms with van der Waals surface area (Å²) in [7, 11) is 0. The molecular weight excluding hydrogens is 263 g/mol. The second kappa shape index (κ2) is 5.92. The molecule has 1 atom stereocenters. The molecule has 1 aromatic carbocycles. The van der Waals surface area contributed by atoms with Crippen LogP contribution in [0.15, 0.2) is 23.1 Å². The van der Waals surface area contributed by atoms with Crippen LogP contribution >= 0.6 is 12.6 Å². The van der Waals surface area contributed by atoms with Crippen molar-refractivity contribution >= 4 is 18.5 Å². The Labute approximate surface area is 118 Å². The Morgan fingerprint density at radius 2 is 2.21 bits per heavy atom. The minimum absolute atomic E-state index is 0.115. The average molecular weight is 282 g/mol. The second-order valence-corrected chi connectivity index (χ2v) is 5.41. The van der Waals surface area contributed by atoms with Gasteiger partial charge in [-0.25, -0.2) is 4.39 Å². The van der Waals surface area contributed by atoms with Crippen LogP contribution in [0.1, 0.15) is 24.2 Å². The molecule has 0 bridgehead atoms. The third-order valence-electron chi connectivity index (χ3n) is 3.64. The van der Waals surface area contributed by atoms with Crippen molar-refractivity contribution in [2.75, 3.05) is 26.2 Å². The van der Waals surface area contributed by atoms with Crippen LogP contribution in [-0.2, 0) is 0 Å². The largest absolute Gasteiger partial charge is 0.336 e. The quantitative estimate of drug-likeness (QED) is 0.841.